The molecule has 2 N–H and O–H groups in total. The van der Waals surface area contributed by atoms with E-state index in [0.717, 1.165) is 30.6 Å². The van der Waals surface area contributed by atoms with Crippen LogP contribution in [0.2, 0.25) is 0 Å². The standard InChI is InChI=1S/C17H18FN5O/c18-14-5-1-2-6-15(14)24-10-12-4-3-8-22(12)16-13-7-9-23(19)17(13)21-11-20-16/h1-2,5-7,9,11-12H,3-4,8,10,19H2/t12-/m1/s1. The third-order valence-corrected chi connectivity index (χ3v) is 4.41. The second-order valence-corrected chi connectivity index (χ2v) is 5.89. The molecule has 1 aromatic carbocycles. The van der Waals surface area contributed by atoms with Gasteiger partial charge in [0.2, 0.25) is 0 Å². The largest absolute Gasteiger partial charge is 0.488 e. The first-order valence-electron chi connectivity index (χ1n) is 7.95. The lowest BCUT2D eigenvalue weighted by atomic mass is 10.2. The van der Waals surface area contributed by atoms with Crippen molar-refractivity contribution in [2.75, 3.05) is 23.9 Å². The van der Waals surface area contributed by atoms with Crippen molar-refractivity contribution in [2.24, 2.45) is 0 Å². The zero-order valence-electron chi connectivity index (χ0n) is 13.1. The number of hydrogen-bond donors (Lipinski definition) is 1. The van der Waals surface area contributed by atoms with E-state index >= 15 is 0 Å². The first kappa shape index (κ1) is 14.7. The Balaban J connectivity index is 1.57. The van der Waals surface area contributed by atoms with Crippen LogP contribution >= 0.6 is 0 Å². The Kier molecular flexibility index (Phi) is 3.68. The molecule has 6 nitrogen and oxygen atoms in total. The van der Waals surface area contributed by atoms with Crippen molar-refractivity contribution in [1.82, 2.24) is 14.6 Å². The fraction of sp³-hybridized carbons (Fsp3) is 0.294. The van der Waals surface area contributed by atoms with Gasteiger partial charge in [0.25, 0.3) is 0 Å². The van der Waals surface area contributed by atoms with E-state index in [1.807, 2.05) is 6.07 Å². The van der Waals surface area contributed by atoms with Gasteiger partial charge in [-0.2, -0.15) is 0 Å². The second-order valence-electron chi connectivity index (χ2n) is 5.89. The molecule has 1 saturated heterocycles. The number of nitrogen functional groups attached to an aromatic ring is 1. The molecule has 0 unspecified atom stereocenters. The van der Waals surface area contributed by atoms with Crippen LogP contribution in [0, 0.1) is 5.82 Å². The number of para-hydroxylation sites is 1. The third-order valence-electron chi connectivity index (χ3n) is 4.41. The van der Waals surface area contributed by atoms with E-state index in [0.29, 0.717) is 12.3 Å². The van der Waals surface area contributed by atoms with Gasteiger partial charge in [0.1, 0.15) is 18.8 Å². The van der Waals surface area contributed by atoms with Gasteiger partial charge < -0.3 is 15.5 Å². The summed E-state index contributed by atoms with van der Waals surface area (Å²) in [6.07, 6.45) is 5.31. The molecule has 0 spiro atoms. The number of hydrogen-bond acceptors (Lipinski definition) is 5. The minimum absolute atomic E-state index is 0.142. The predicted molar refractivity (Wildman–Crippen MR) is 89.9 cm³/mol. The molecule has 1 aliphatic heterocycles. The normalized spacial score (nSPS) is 17.5. The lowest BCUT2D eigenvalue weighted by molar-refractivity contribution is 0.275. The van der Waals surface area contributed by atoms with E-state index < -0.39 is 0 Å². The molecule has 0 radical (unpaired) electrons. The van der Waals surface area contributed by atoms with Crippen molar-refractivity contribution in [3.05, 3.63) is 48.7 Å². The fourth-order valence-corrected chi connectivity index (χ4v) is 3.22. The Morgan fingerprint density at radius 3 is 3.00 bits per heavy atom. The minimum atomic E-state index is -0.341. The van der Waals surface area contributed by atoms with Crippen molar-refractivity contribution in [2.45, 2.75) is 18.9 Å². The Labute approximate surface area is 138 Å². The maximum Gasteiger partial charge on any atom is 0.165 e. The Bertz CT molecular complexity index is 865. The summed E-state index contributed by atoms with van der Waals surface area (Å²) in [6, 6.07) is 8.52. The van der Waals surface area contributed by atoms with Crippen molar-refractivity contribution < 1.29 is 9.13 Å². The van der Waals surface area contributed by atoms with Gasteiger partial charge in [0.05, 0.1) is 11.4 Å². The van der Waals surface area contributed by atoms with Crippen LogP contribution in [0.15, 0.2) is 42.9 Å². The van der Waals surface area contributed by atoms with Crippen molar-refractivity contribution in [3.8, 4) is 5.75 Å². The van der Waals surface area contributed by atoms with Crippen LogP contribution in [-0.2, 0) is 0 Å². The minimum Gasteiger partial charge on any atom is -0.488 e. The first-order valence-corrected chi connectivity index (χ1v) is 7.95. The quantitative estimate of drug-likeness (QED) is 0.745. The lowest BCUT2D eigenvalue weighted by Crippen LogP contribution is -2.35. The molecular weight excluding hydrogens is 309 g/mol. The van der Waals surface area contributed by atoms with E-state index in [4.69, 9.17) is 10.6 Å². The van der Waals surface area contributed by atoms with E-state index in [-0.39, 0.29) is 17.6 Å². The molecule has 0 bridgehead atoms. The summed E-state index contributed by atoms with van der Waals surface area (Å²) >= 11 is 0. The summed E-state index contributed by atoms with van der Waals surface area (Å²) in [4.78, 5) is 10.9. The van der Waals surface area contributed by atoms with Gasteiger partial charge in [-0.3, -0.25) is 4.68 Å². The summed E-state index contributed by atoms with van der Waals surface area (Å²) in [5.41, 5.74) is 0.695. The van der Waals surface area contributed by atoms with Gasteiger partial charge >= 0.3 is 0 Å². The topological polar surface area (TPSA) is 69.2 Å². The van der Waals surface area contributed by atoms with E-state index in [1.54, 1.807) is 24.4 Å². The summed E-state index contributed by atoms with van der Waals surface area (Å²) in [6.45, 7) is 1.29. The molecule has 3 aromatic rings. The number of rotatable bonds is 4. The van der Waals surface area contributed by atoms with Crippen molar-refractivity contribution in [3.63, 3.8) is 0 Å². The van der Waals surface area contributed by atoms with Gasteiger partial charge in [-0.15, -0.1) is 0 Å². The zero-order chi connectivity index (χ0) is 16.5. The third kappa shape index (κ3) is 2.51. The van der Waals surface area contributed by atoms with Crippen LogP contribution in [0.1, 0.15) is 12.8 Å². The molecule has 3 heterocycles. The molecule has 24 heavy (non-hydrogen) atoms. The maximum atomic E-state index is 13.7. The van der Waals surface area contributed by atoms with Crippen LogP contribution in [0.3, 0.4) is 0 Å². The van der Waals surface area contributed by atoms with Gasteiger partial charge in [0, 0.05) is 12.7 Å². The Morgan fingerprint density at radius 1 is 1.25 bits per heavy atom. The Morgan fingerprint density at radius 2 is 2.12 bits per heavy atom. The molecule has 1 fully saturated rings. The summed E-state index contributed by atoms with van der Waals surface area (Å²) in [7, 11) is 0. The molecule has 0 aliphatic carbocycles. The van der Waals surface area contributed by atoms with Gasteiger partial charge in [-0.1, -0.05) is 12.1 Å². The molecule has 1 atom stereocenters. The van der Waals surface area contributed by atoms with Crippen LogP contribution < -0.4 is 15.5 Å². The van der Waals surface area contributed by atoms with Crippen LogP contribution in [0.4, 0.5) is 10.2 Å². The summed E-state index contributed by atoms with van der Waals surface area (Å²) in [5.74, 6) is 6.66. The molecule has 0 amide bonds. The van der Waals surface area contributed by atoms with E-state index in [1.165, 1.54) is 17.1 Å². The number of ether oxygens (including phenoxy) is 1. The summed E-state index contributed by atoms with van der Waals surface area (Å²) < 4.78 is 20.9. The fourth-order valence-electron chi connectivity index (χ4n) is 3.22. The van der Waals surface area contributed by atoms with E-state index in [9.17, 15) is 4.39 Å². The van der Waals surface area contributed by atoms with Crippen LogP contribution in [0.5, 0.6) is 5.75 Å². The monoisotopic (exact) mass is 327 g/mol. The van der Waals surface area contributed by atoms with E-state index in [2.05, 4.69) is 14.9 Å². The average Bonchev–Trinajstić information content (AvgIpc) is 3.21. The lowest BCUT2D eigenvalue weighted by Gasteiger charge is -2.26. The Hall–Kier alpha value is -2.83. The molecule has 2 aromatic heterocycles. The number of anilines is 1. The van der Waals surface area contributed by atoms with Crippen LogP contribution in [0.25, 0.3) is 11.0 Å². The molecular formula is C17H18FN5O. The number of nitrogens with zero attached hydrogens (tertiary/aromatic N) is 4. The highest BCUT2D eigenvalue weighted by Gasteiger charge is 2.28. The number of benzene rings is 1. The van der Waals surface area contributed by atoms with Gasteiger partial charge in [-0.05, 0) is 31.0 Å². The average molecular weight is 327 g/mol. The molecule has 7 heteroatoms. The molecule has 124 valence electrons. The zero-order valence-corrected chi connectivity index (χ0v) is 13.1. The highest BCUT2D eigenvalue weighted by atomic mass is 19.1. The predicted octanol–water partition coefficient (Wildman–Crippen LogP) is 2.33. The van der Waals surface area contributed by atoms with Gasteiger partial charge in [-0.25, -0.2) is 14.4 Å². The number of nitrogens with two attached hydrogens (primary N) is 1. The maximum absolute atomic E-state index is 13.7. The SMILES string of the molecule is Nn1ccc2c(N3CCC[C@@H]3COc3ccccc3F)ncnc21. The van der Waals surface area contributed by atoms with Crippen molar-refractivity contribution >= 4 is 16.9 Å². The molecule has 1 aliphatic rings. The number of aromatic nitrogens is 3. The first-order chi connectivity index (χ1) is 11.7. The highest BCUT2D eigenvalue weighted by Crippen LogP contribution is 2.30. The van der Waals surface area contributed by atoms with Gasteiger partial charge in [0.15, 0.2) is 17.2 Å². The number of halogens is 1. The smallest absolute Gasteiger partial charge is 0.165 e. The van der Waals surface area contributed by atoms with Crippen molar-refractivity contribution in [1.29, 1.82) is 0 Å². The number of fused-ring (bicyclic) bond motifs is 1. The second kappa shape index (κ2) is 5.99. The van der Waals surface area contributed by atoms with Crippen LogP contribution in [-0.4, -0.2) is 33.8 Å². The highest BCUT2D eigenvalue weighted by molar-refractivity contribution is 5.88. The molecule has 4 rings (SSSR count). The molecule has 0 saturated carbocycles. The summed E-state index contributed by atoms with van der Waals surface area (Å²) in [5, 5.41) is 0.915.